The maximum atomic E-state index is 8.93. The Morgan fingerprint density at radius 1 is 1.53 bits per heavy atom. The third-order valence-corrected chi connectivity index (χ3v) is 2.95. The Bertz CT molecular complexity index is 245. The van der Waals surface area contributed by atoms with E-state index in [4.69, 9.17) is 9.84 Å². The van der Waals surface area contributed by atoms with Crippen molar-refractivity contribution >= 4 is 5.96 Å². The van der Waals surface area contributed by atoms with Gasteiger partial charge in [0.25, 0.3) is 0 Å². The van der Waals surface area contributed by atoms with E-state index in [2.05, 4.69) is 15.2 Å². The molecule has 2 rings (SSSR count). The zero-order valence-corrected chi connectivity index (χ0v) is 9.15. The molecule has 5 nitrogen and oxygen atoms in total. The molecule has 0 saturated carbocycles. The van der Waals surface area contributed by atoms with Crippen molar-refractivity contribution in [3.63, 3.8) is 0 Å². The highest BCUT2D eigenvalue weighted by Crippen LogP contribution is 2.18. The number of nitrogens with zero attached hydrogens (tertiary/aromatic N) is 2. The normalized spacial score (nSPS) is 30.8. The largest absolute Gasteiger partial charge is 0.394 e. The number of likely N-dealkylation sites (N-methyl/N-ethyl adjacent to an activating group) is 1. The summed E-state index contributed by atoms with van der Waals surface area (Å²) in [7, 11) is 2.03. The average molecular weight is 213 g/mol. The van der Waals surface area contributed by atoms with Gasteiger partial charge in [0.15, 0.2) is 5.96 Å². The molecule has 0 radical (unpaired) electrons. The van der Waals surface area contributed by atoms with Gasteiger partial charge in [0.1, 0.15) is 0 Å². The fourth-order valence-electron chi connectivity index (χ4n) is 1.99. The molecule has 0 aromatic heterocycles. The van der Waals surface area contributed by atoms with Gasteiger partial charge in [-0.1, -0.05) is 0 Å². The van der Waals surface area contributed by atoms with Crippen molar-refractivity contribution < 1.29 is 9.84 Å². The summed E-state index contributed by atoms with van der Waals surface area (Å²) in [6, 6.07) is 0. The minimum Gasteiger partial charge on any atom is -0.394 e. The molecule has 0 bridgehead atoms. The Morgan fingerprint density at radius 2 is 2.33 bits per heavy atom. The molecular weight excluding hydrogens is 194 g/mol. The second kappa shape index (κ2) is 4.81. The smallest absolute Gasteiger partial charge is 0.193 e. The van der Waals surface area contributed by atoms with E-state index in [0.717, 1.165) is 38.4 Å². The Balaban J connectivity index is 1.70. The zero-order valence-electron chi connectivity index (χ0n) is 9.15. The number of hydrogen-bond acceptors (Lipinski definition) is 5. The van der Waals surface area contributed by atoms with Gasteiger partial charge in [-0.3, -0.25) is 4.99 Å². The minimum atomic E-state index is 0.0417. The quantitative estimate of drug-likeness (QED) is 0.658. The van der Waals surface area contributed by atoms with Crippen LogP contribution in [0.25, 0.3) is 0 Å². The first-order chi connectivity index (χ1) is 7.29. The third kappa shape index (κ3) is 2.60. The fourth-order valence-corrected chi connectivity index (χ4v) is 1.99. The van der Waals surface area contributed by atoms with Crippen LogP contribution in [-0.2, 0) is 4.74 Å². The molecule has 0 spiro atoms. The summed E-state index contributed by atoms with van der Waals surface area (Å²) in [5, 5.41) is 12.2. The van der Waals surface area contributed by atoms with Crippen LogP contribution in [-0.4, -0.2) is 61.5 Å². The highest BCUT2D eigenvalue weighted by Gasteiger charge is 2.25. The van der Waals surface area contributed by atoms with E-state index in [1.54, 1.807) is 0 Å². The SMILES string of the molecule is CN1CCN=C1NC[C@H]1CC[C@@H](CO)O1. The van der Waals surface area contributed by atoms with Crippen LogP contribution < -0.4 is 5.32 Å². The predicted molar refractivity (Wildman–Crippen MR) is 57.9 cm³/mol. The van der Waals surface area contributed by atoms with E-state index in [9.17, 15) is 0 Å². The van der Waals surface area contributed by atoms with Crippen LogP contribution >= 0.6 is 0 Å². The van der Waals surface area contributed by atoms with Gasteiger partial charge in [-0.15, -0.1) is 0 Å². The van der Waals surface area contributed by atoms with Crippen molar-refractivity contribution in [1.82, 2.24) is 10.2 Å². The first-order valence-electron chi connectivity index (χ1n) is 5.55. The first kappa shape index (κ1) is 10.7. The number of ether oxygens (including phenoxy) is 1. The van der Waals surface area contributed by atoms with Crippen molar-refractivity contribution in [2.75, 3.05) is 33.3 Å². The number of aliphatic imine (C=N–C) groups is 1. The number of nitrogens with one attached hydrogen (secondary N) is 1. The van der Waals surface area contributed by atoms with Crippen LogP contribution in [0.15, 0.2) is 4.99 Å². The van der Waals surface area contributed by atoms with Crippen molar-refractivity contribution in [3.8, 4) is 0 Å². The summed E-state index contributed by atoms with van der Waals surface area (Å²) in [5.41, 5.74) is 0. The van der Waals surface area contributed by atoms with Crippen molar-refractivity contribution in [3.05, 3.63) is 0 Å². The van der Waals surface area contributed by atoms with Crippen molar-refractivity contribution in [2.24, 2.45) is 4.99 Å². The molecule has 0 amide bonds. The Kier molecular flexibility index (Phi) is 3.43. The van der Waals surface area contributed by atoms with E-state index in [0.29, 0.717) is 0 Å². The molecule has 2 N–H and O–H groups in total. The lowest BCUT2D eigenvalue weighted by Gasteiger charge is -2.18. The third-order valence-electron chi connectivity index (χ3n) is 2.95. The van der Waals surface area contributed by atoms with Crippen molar-refractivity contribution in [2.45, 2.75) is 25.0 Å². The van der Waals surface area contributed by atoms with Gasteiger partial charge >= 0.3 is 0 Å². The van der Waals surface area contributed by atoms with Gasteiger partial charge < -0.3 is 20.1 Å². The van der Waals surface area contributed by atoms with Crippen LogP contribution in [0, 0.1) is 0 Å². The molecule has 2 aliphatic rings. The molecule has 5 heteroatoms. The lowest BCUT2D eigenvalue weighted by molar-refractivity contribution is 0.0139. The number of rotatable bonds is 3. The van der Waals surface area contributed by atoms with Gasteiger partial charge in [0, 0.05) is 20.1 Å². The molecule has 2 heterocycles. The van der Waals surface area contributed by atoms with E-state index < -0.39 is 0 Å². The minimum absolute atomic E-state index is 0.0417. The standard InChI is InChI=1S/C10H19N3O2/c1-13-5-4-11-10(13)12-6-8-2-3-9(7-14)15-8/h8-9,14H,2-7H2,1H3,(H,11,12)/t8-,9+/m1/s1. The number of hydrogen-bond donors (Lipinski definition) is 2. The van der Waals surface area contributed by atoms with E-state index in [1.807, 2.05) is 7.05 Å². The second-order valence-electron chi connectivity index (χ2n) is 4.15. The highest BCUT2D eigenvalue weighted by atomic mass is 16.5. The fraction of sp³-hybridized carbons (Fsp3) is 0.900. The molecule has 15 heavy (non-hydrogen) atoms. The first-order valence-corrected chi connectivity index (χ1v) is 5.55. The molecule has 1 fully saturated rings. The predicted octanol–water partition coefficient (Wildman–Crippen LogP) is -0.583. The highest BCUT2D eigenvalue weighted by molar-refractivity contribution is 5.81. The molecule has 0 aromatic rings. The molecular formula is C10H19N3O2. The number of aliphatic hydroxyl groups excluding tert-OH is 1. The Hall–Kier alpha value is -0.810. The maximum Gasteiger partial charge on any atom is 0.193 e. The van der Waals surface area contributed by atoms with Gasteiger partial charge in [-0.2, -0.15) is 0 Å². The lowest BCUT2D eigenvalue weighted by Crippen LogP contribution is -2.39. The van der Waals surface area contributed by atoms with E-state index in [-0.39, 0.29) is 18.8 Å². The van der Waals surface area contributed by atoms with Crippen LogP contribution in [0.4, 0.5) is 0 Å². The summed E-state index contributed by atoms with van der Waals surface area (Å²) in [6.45, 7) is 2.80. The Morgan fingerprint density at radius 3 is 2.93 bits per heavy atom. The average Bonchev–Trinajstić information content (AvgIpc) is 2.84. The Labute approximate surface area is 90.1 Å². The summed E-state index contributed by atoms with van der Waals surface area (Å²) in [4.78, 5) is 6.45. The van der Waals surface area contributed by atoms with E-state index in [1.165, 1.54) is 0 Å². The summed E-state index contributed by atoms with van der Waals surface area (Å²) in [6.07, 6.45) is 2.25. The van der Waals surface area contributed by atoms with Crippen LogP contribution in [0.1, 0.15) is 12.8 Å². The van der Waals surface area contributed by atoms with Crippen LogP contribution in [0.2, 0.25) is 0 Å². The number of aliphatic hydroxyl groups is 1. The van der Waals surface area contributed by atoms with Crippen LogP contribution in [0.3, 0.4) is 0 Å². The van der Waals surface area contributed by atoms with Gasteiger partial charge in [0.2, 0.25) is 0 Å². The van der Waals surface area contributed by atoms with Crippen molar-refractivity contribution in [1.29, 1.82) is 0 Å². The topological polar surface area (TPSA) is 57.1 Å². The molecule has 2 aliphatic heterocycles. The second-order valence-corrected chi connectivity index (χ2v) is 4.15. The summed E-state index contributed by atoms with van der Waals surface area (Å²) >= 11 is 0. The molecule has 0 unspecified atom stereocenters. The lowest BCUT2D eigenvalue weighted by atomic mass is 10.2. The zero-order chi connectivity index (χ0) is 10.7. The van der Waals surface area contributed by atoms with Gasteiger partial charge in [-0.25, -0.2) is 0 Å². The summed E-state index contributed by atoms with van der Waals surface area (Å²) in [5.74, 6) is 0.964. The van der Waals surface area contributed by atoms with Gasteiger partial charge in [-0.05, 0) is 12.8 Å². The summed E-state index contributed by atoms with van der Waals surface area (Å²) < 4.78 is 5.62. The van der Waals surface area contributed by atoms with Gasteiger partial charge in [0.05, 0.1) is 25.4 Å². The monoisotopic (exact) mass is 213 g/mol. The molecule has 1 saturated heterocycles. The molecule has 2 atom stereocenters. The maximum absolute atomic E-state index is 8.93. The molecule has 0 aromatic carbocycles. The molecule has 0 aliphatic carbocycles. The molecule has 86 valence electrons. The number of guanidine groups is 1. The van der Waals surface area contributed by atoms with Crippen LogP contribution in [0.5, 0.6) is 0 Å². The van der Waals surface area contributed by atoms with E-state index >= 15 is 0 Å².